The number of para-hydroxylation sites is 2. The van der Waals surface area contributed by atoms with Crippen molar-refractivity contribution in [1.82, 2.24) is 14.5 Å². The molecule has 0 saturated heterocycles. The number of aromatic nitrogens is 2. The molecule has 6 rings (SSSR count). The lowest BCUT2D eigenvalue weighted by Crippen LogP contribution is -2.35. The second-order valence-corrected chi connectivity index (χ2v) is 8.58. The molecule has 0 unspecified atom stereocenters. The first-order valence-electron chi connectivity index (χ1n) is 12.2. The topological polar surface area (TPSA) is 41.0 Å². The maximum Gasteiger partial charge on any atom is 0.255 e. The number of hydrogen-bond donors (Lipinski definition) is 1. The fourth-order valence-corrected chi connectivity index (χ4v) is 5.39. The minimum absolute atomic E-state index is 0.112. The highest BCUT2D eigenvalue weighted by molar-refractivity contribution is 6.30. The van der Waals surface area contributed by atoms with Gasteiger partial charge in [0.25, 0.3) is 5.91 Å². The van der Waals surface area contributed by atoms with Gasteiger partial charge >= 0.3 is 0 Å². The van der Waals surface area contributed by atoms with Crippen molar-refractivity contribution in [2.45, 2.75) is 60.5 Å². The van der Waals surface area contributed by atoms with Gasteiger partial charge in [0.15, 0.2) is 0 Å². The average molecular weight is 442 g/mol. The molecule has 3 aromatic carbocycles. The number of amides is 1. The fourth-order valence-electron chi connectivity index (χ4n) is 5.39. The Labute approximate surface area is 196 Å². The van der Waals surface area contributed by atoms with Crippen molar-refractivity contribution in [1.29, 1.82) is 0 Å². The third-order valence-electron chi connectivity index (χ3n) is 6.95. The molecule has 4 nitrogen and oxygen atoms in total. The largest absolute Gasteiger partial charge is 0.353 e. The Morgan fingerprint density at radius 1 is 0.879 bits per heavy atom. The van der Waals surface area contributed by atoms with Gasteiger partial charge in [-0.15, -0.1) is 0 Å². The Morgan fingerprint density at radius 3 is 2.15 bits per heavy atom. The highest BCUT2D eigenvalue weighted by Crippen LogP contribution is 2.50. The van der Waals surface area contributed by atoms with Crippen LogP contribution < -0.4 is 0 Å². The second kappa shape index (κ2) is 8.26. The molecule has 5 aromatic rings. The summed E-state index contributed by atoms with van der Waals surface area (Å²) in [5.74, 6) is 0.112. The van der Waals surface area contributed by atoms with Crippen LogP contribution in [-0.4, -0.2) is 27.4 Å². The van der Waals surface area contributed by atoms with Crippen LogP contribution in [-0.2, 0) is 12.1 Å². The summed E-state index contributed by atoms with van der Waals surface area (Å²) in [6.45, 7) is 15.3. The molecule has 0 saturated carbocycles. The van der Waals surface area contributed by atoms with Crippen LogP contribution in [0.1, 0.15) is 64.4 Å². The van der Waals surface area contributed by atoms with Gasteiger partial charge in [0, 0.05) is 51.7 Å². The van der Waals surface area contributed by atoms with E-state index in [0.29, 0.717) is 0 Å². The van der Waals surface area contributed by atoms with Gasteiger partial charge in [-0.1, -0.05) is 64.1 Å². The minimum Gasteiger partial charge on any atom is -0.353 e. The molecule has 0 spiro atoms. The molecule has 3 heterocycles. The van der Waals surface area contributed by atoms with Crippen LogP contribution in [0.5, 0.6) is 0 Å². The van der Waals surface area contributed by atoms with Crippen molar-refractivity contribution >= 4 is 49.5 Å². The summed E-state index contributed by atoms with van der Waals surface area (Å²) in [6, 6.07) is 16.9. The van der Waals surface area contributed by atoms with Crippen LogP contribution in [0.25, 0.3) is 43.6 Å². The molecule has 4 heteroatoms. The predicted molar refractivity (Wildman–Crippen MR) is 142 cm³/mol. The molecule has 1 aliphatic heterocycles. The lowest BCUT2D eigenvalue weighted by atomic mass is 9.87. The Balaban J connectivity index is 0.000000617. The molecule has 1 aliphatic rings. The highest BCUT2D eigenvalue weighted by atomic mass is 16.2. The van der Waals surface area contributed by atoms with Crippen molar-refractivity contribution in [2.75, 3.05) is 7.05 Å². The van der Waals surface area contributed by atoms with Crippen LogP contribution in [0.3, 0.4) is 0 Å². The summed E-state index contributed by atoms with van der Waals surface area (Å²) >= 11 is 0. The van der Waals surface area contributed by atoms with E-state index in [4.69, 9.17) is 0 Å². The number of rotatable bonds is 1. The maximum absolute atomic E-state index is 13.6. The molecule has 1 N–H and O–H groups in total. The number of H-pyrrole nitrogens is 1. The normalized spacial score (nSPS) is 14.4. The zero-order chi connectivity index (χ0) is 24.1. The van der Waals surface area contributed by atoms with Crippen LogP contribution in [0.2, 0.25) is 0 Å². The number of carbonyl (C=O) groups is 1. The highest BCUT2D eigenvalue weighted by Gasteiger charge is 2.45. The average Bonchev–Trinajstić information content (AvgIpc) is 3.45. The van der Waals surface area contributed by atoms with Crippen molar-refractivity contribution in [3.05, 3.63) is 59.7 Å². The smallest absolute Gasteiger partial charge is 0.255 e. The molecule has 0 bridgehead atoms. The van der Waals surface area contributed by atoms with Crippen LogP contribution in [0.15, 0.2) is 48.5 Å². The van der Waals surface area contributed by atoms with E-state index in [9.17, 15) is 4.79 Å². The number of hydrogen-bond acceptors (Lipinski definition) is 1. The lowest BCUT2D eigenvalue weighted by molar-refractivity contribution is 0.0693. The van der Waals surface area contributed by atoms with Crippen molar-refractivity contribution in [3.63, 3.8) is 0 Å². The molecule has 2 aromatic heterocycles. The minimum atomic E-state index is -0.376. The number of aromatic amines is 1. The zero-order valence-electron chi connectivity index (χ0n) is 21.1. The molecular weight excluding hydrogens is 406 g/mol. The van der Waals surface area contributed by atoms with Gasteiger partial charge in [0.05, 0.1) is 22.1 Å². The van der Waals surface area contributed by atoms with Crippen LogP contribution in [0, 0.1) is 0 Å². The van der Waals surface area contributed by atoms with E-state index in [0.717, 1.165) is 45.0 Å². The van der Waals surface area contributed by atoms with E-state index < -0.39 is 0 Å². The van der Waals surface area contributed by atoms with E-state index >= 15 is 0 Å². The monoisotopic (exact) mass is 441 g/mol. The Kier molecular flexibility index (Phi) is 5.73. The maximum atomic E-state index is 13.6. The van der Waals surface area contributed by atoms with Gasteiger partial charge in [0.2, 0.25) is 0 Å². The van der Waals surface area contributed by atoms with E-state index in [2.05, 4.69) is 78.9 Å². The number of aryl methyl sites for hydroxylation is 1. The standard InChI is InChI=1S/C25H23N3O.2C2H6/c1-5-28-17-13-9-7-11-15(17)18-20-21(25(2,3)27(4)24(20)29)19-14-10-6-8-12-16(14)26-22(19)23(18)28;2*1-2/h6-13,26H,5H2,1-4H3;2*1-2H3. The Hall–Kier alpha value is -3.27. The first-order valence-corrected chi connectivity index (χ1v) is 12.2. The Morgan fingerprint density at radius 2 is 1.48 bits per heavy atom. The van der Waals surface area contributed by atoms with E-state index in [1.807, 2.05) is 39.6 Å². The molecule has 0 fully saturated rings. The van der Waals surface area contributed by atoms with Crippen molar-refractivity contribution in [3.8, 4) is 0 Å². The molecular formula is C29H35N3O. The Bertz CT molecular complexity index is 1500. The van der Waals surface area contributed by atoms with E-state index in [1.165, 1.54) is 16.3 Å². The summed E-state index contributed by atoms with van der Waals surface area (Å²) in [6.07, 6.45) is 0. The van der Waals surface area contributed by atoms with Crippen molar-refractivity contribution < 1.29 is 4.79 Å². The zero-order valence-corrected chi connectivity index (χ0v) is 21.1. The van der Waals surface area contributed by atoms with Crippen LogP contribution in [0.4, 0.5) is 0 Å². The number of nitrogens with zero attached hydrogens (tertiary/aromatic N) is 2. The van der Waals surface area contributed by atoms with Gasteiger partial charge < -0.3 is 14.5 Å². The fraction of sp³-hybridized carbons (Fsp3) is 0.345. The summed E-state index contributed by atoms with van der Waals surface area (Å²) in [5, 5.41) is 4.60. The number of fused-ring (bicyclic) bond motifs is 10. The van der Waals surface area contributed by atoms with Gasteiger partial charge in [-0.05, 0) is 32.9 Å². The quantitative estimate of drug-likeness (QED) is 0.283. The molecule has 0 atom stereocenters. The number of carbonyl (C=O) groups excluding carboxylic acids is 1. The lowest BCUT2D eigenvalue weighted by Gasteiger charge is -2.29. The molecule has 0 aliphatic carbocycles. The third-order valence-corrected chi connectivity index (χ3v) is 6.95. The second-order valence-electron chi connectivity index (χ2n) is 8.58. The van der Waals surface area contributed by atoms with Crippen molar-refractivity contribution in [2.24, 2.45) is 0 Å². The summed E-state index contributed by atoms with van der Waals surface area (Å²) in [4.78, 5) is 19.2. The summed E-state index contributed by atoms with van der Waals surface area (Å²) in [5.41, 5.74) is 6.20. The predicted octanol–water partition coefficient (Wildman–Crippen LogP) is 7.82. The van der Waals surface area contributed by atoms with E-state index in [-0.39, 0.29) is 11.4 Å². The molecule has 1 amide bonds. The van der Waals surface area contributed by atoms with E-state index in [1.54, 1.807) is 0 Å². The third kappa shape index (κ3) is 2.86. The SMILES string of the molecule is CC.CC.CCn1c2ccccc2c2c3c(c4c5ccccc5[nH]c4c21)C(C)(C)N(C)C3=O. The van der Waals surface area contributed by atoms with Gasteiger partial charge in [0.1, 0.15) is 0 Å². The van der Waals surface area contributed by atoms with Gasteiger partial charge in [-0.3, -0.25) is 4.79 Å². The first kappa shape index (κ1) is 22.9. The van der Waals surface area contributed by atoms with Gasteiger partial charge in [-0.2, -0.15) is 0 Å². The summed E-state index contributed by atoms with van der Waals surface area (Å²) < 4.78 is 2.35. The molecule has 0 radical (unpaired) electrons. The van der Waals surface area contributed by atoms with Crippen LogP contribution >= 0.6 is 0 Å². The molecule has 33 heavy (non-hydrogen) atoms. The molecule has 172 valence electrons. The number of nitrogens with one attached hydrogen (secondary N) is 1. The summed E-state index contributed by atoms with van der Waals surface area (Å²) in [7, 11) is 1.92. The number of benzene rings is 3. The first-order chi connectivity index (χ1) is 16.0. The van der Waals surface area contributed by atoms with Gasteiger partial charge in [-0.25, -0.2) is 0 Å².